The molecule has 0 aromatic carbocycles. The van der Waals surface area contributed by atoms with Gasteiger partial charge < -0.3 is 34.9 Å². The molecule has 26 heavy (non-hydrogen) atoms. The normalized spacial score (nSPS) is 27.0. The molecule has 1 saturated heterocycles. The molecule has 1 fully saturated rings. The van der Waals surface area contributed by atoms with E-state index in [0.717, 1.165) is 17.2 Å². The molecule has 4 N–H and O–H groups in total. The molecule has 0 spiro atoms. The fourth-order valence-electron chi connectivity index (χ4n) is 2.59. The van der Waals surface area contributed by atoms with Crippen molar-refractivity contribution in [1.82, 2.24) is 19.5 Å². The van der Waals surface area contributed by atoms with Crippen LogP contribution in [-0.4, -0.2) is 70.3 Å². The summed E-state index contributed by atoms with van der Waals surface area (Å²) >= 11 is 0. The number of rotatable bonds is 4. The van der Waals surface area contributed by atoms with E-state index in [1.807, 2.05) is 0 Å². The van der Waals surface area contributed by atoms with Gasteiger partial charge in [0.2, 0.25) is 0 Å². The standard InChI is InChI=1S/C11H15N4O8P.2Na/c16-4(1-24(20,21)22)8-6(17)7(18)11(23-8)15-3-14-5-9(15)12-2-13-10(5)19;;/h2-4,6-8,11,16-18H,1H2,(H,12,13,19)(H2,20,21,22);;/q;2*+1/p-2/t4-,6+,7-,8-,11-;;/m1../s1. The molecule has 0 unspecified atom stereocenters. The number of aliphatic hydroxyl groups is 3. The summed E-state index contributed by atoms with van der Waals surface area (Å²) in [5, 5.41) is 41.5. The maximum Gasteiger partial charge on any atom is 1.00 e. The number of aromatic nitrogens is 4. The number of fused-ring (bicyclic) bond motifs is 1. The minimum absolute atomic E-state index is 0. The molecule has 0 saturated carbocycles. The van der Waals surface area contributed by atoms with Crippen molar-refractivity contribution in [2.75, 3.05) is 6.16 Å². The average molecular weight is 406 g/mol. The van der Waals surface area contributed by atoms with Gasteiger partial charge in [0, 0.05) is 13.8 Å². The van der Waals surface area contributed by atoms with Crippen molar-refractivity contribution >= 4 is 19.1 Å². The third kappa shape index (κ3) is 4.91. The van der Waals surface area contributed by atoms with Gasteiger partial charge in [-0.3, -0.25) is 14.4 Å². The molecule has 5 atom stereocenters. The monoisotopic (exact) mass is 406 g/mol. The molecule has 132 valence electrons. The molecule has 3 rings (SSSR count). The Hall–Kier alpha value is 0.500. The summed E-state index contributed by atoms with van der Waals surface area (Å²) < 4.78 is 6.49. The van der Waals surface area contributed by atoms with Crippen LogP contribution >= 0.6 is 7.94 Å². The van der Waals surface area contributed by atoms with E-state index in [9.17, 15) is 30.2 Å². The first kappa shape index (κ1) is 24.5. The van der Waals surface area contributed by atoms with Gasteiger partial charge in [0.15, 0.2) is 11.9 Å². The second-order valence-corrected chi connectivity index (χ2v) is 7.00. The number of hydrogen-bond acceptors (Lipinski definition) is 11. The van der Waals surface area contributed by atoms with Gasteiger partial charge in [0.05, 0.1) is 6.33 Å². The fourth-order valence-corrected chi connectivity index (χ4v) is 3.27. The van der Waals surface area contributed by atoms with Crippen LogP contribution in [0.1, 0.15) is 6.23 Å². The first-order valence-electron chi connectivity index (χ1n) is 6.76. The summed E-state index contributed by atoms with van der Waals surface area (Å²) in [6.45, 7) is 0. The van der Waals surface area contributed by atoms with Gasteiger partial charge in [-0.1, -0.05) is 0 Å². The van der Waals surface area contributed by atoms with Gasteiger partial charge in [0.25, 0.3) is 0 Å². The summed E-state index contributed by atoms with van der Waals surface area (Å²) in [5.74, 6) is -0.643. The van der Waals surface area contributed by atoms with Gasteiger partial charge in [-0.15, -0.1) is 0 Å². The van der Waals surface area contributed by atoms with Crippen molar-refractivity contribution in [1.29, 1.82) is 0 Å². The predicted octanol–water partition coefficient (Wildman–Crippen LogP) is -10.6. The Morgan fingerprint density at radius 2 is 1.85 bits per heavy atom. The largest absolute Gasteiger partial charge is 1.00 e. The minimum atomic E-state index is -4.80. The van der Waals surface area contributed by atoms with E-state index in [2.05, 4.69) is 15.0 Å². The van der Waals surface area contributed by atoms with Crippen molar-refractivity contribution in [3.05, 3.63) is 12.7 Å². The second kappa shape index (κ2) is 9.33. The van der Waals surface area contributed by atoms with Crippen LogP contribution in [0.3, 0.4) is 0 Å². The van der Waals surface area contributed by atoms with Gasteiger partial charge in [-0.2, -0.15) is 0 Å². The van der Waals surface area contributed by atoms with E-state index < -0.39 is 50.6 Å². The zero-order valence-electron chi connectivity index (χ0n) is 13.9. The van der Waals surface area contributed by atoms with Crippen LogP contribution in [-0.2, 0) is 4.74 Å². The Labute approximate surface area is 191 Å². The molecule has 1 aliphatic rings. The Kier molecular flexibility index (Phi) is 8.81. The summed E-state index contributed by atoms with van der Waals surface area (Å²) in [5.41, 5.74) is -0.0377. The first-order valence-corrected chi connectivity index (χ1v) is 8.52. The van der Waals surface area contributed by atoms with Crippen molar-refractivity contribution < 1.29 is 99.0 Å². The van der Waals surface area contributed by atoms with Gasteiger partial charge in [-0.05, 0) is 0 Å². The Morgan fingerprint density at radius 3 is 2.46 bits per heavy atom. The number of ether oxygens (including phenoxy) is 1. The molecule has 0 aliphatic carbocycles. The summed E-state index contributed by atoms with van der Waals surface area (Å²) in [6.07, 6.45) is -6.64. The number of nitrogens with zero attached hydrogens (tertiary/aromatic N) is 4. The van der Waals surface area contributed by atoms with Gasteiger partial charge in [0.1, 0.15) is 42.4 Å². The van der Waals surface area contributed by atoms with Crippen LogP contribution in [0.25, 0.3) is 11.2 Å². The predicted molar refractivity (Wildman–Crippen MR) is 70.7 cm³/mol. The van der Waals surface area contributed by atoms with Gasteiger partial charge in [-0.25, -0.2) is 9.97 Å². The molecule has 1 aliphatic heterocycles. The summed E-state index contributed by atoms with van der Waals surface area (Å²) in [6, 6.07) is 0. The van der Waals surface area contributed by atoms with E-state index >= 15 is 0 Å². The maximum absolute atomic E-state index is 11.6. The molecule has 15 heteroatoms. The van der Waals surface area contributed by atoms with E-state index in [1.54, 1.807) is 0 Å². The third-order valence-corrected chi connectivity index (χ3v) is 4.51. The molecule has 2 aromatic heterocycles. The summed E-state index contributed by atoms with van der Waals surface area (Å²) in [7, 11) is -4.80. The molecule has 0 bridgehead atoms. The number of aliphatic hydroxyl groups excluding tert-OH is 3. The molecule has 0 radical (unpaired) electrons. The van der Waals surface area contributed by atoms with Gasteiger partial charge >= 0.3 is 59.1 Å². The van der Waals surface area contributed by atoms with E-state index in [4.69, 9.17) is 9.63 Å². The maximum atomic E-state index is 11.6. The molecular weight excluding hydrogens is 393 g/mol. The Balaban J connectivity index is 0.00000169. The zero-order valence-corrected chi connectivity index (χ0v) is 18.8. The summed E-state index contributed by atoms with van der Waals surface area (Å²) in [4.78, 5) is 41.6. The van der Waals surface area contributed by atoms with Crippen LogP contribution in [0, 0.1) is 0 Å². The van der Waals surface area contributed by atoms with E-state index in [0.29, 0.717) is 0 Å². The van der Waals surface area contributed by atoms with Crippen LogP contribution in [0.5, 0.6) is 5.88 Å². The second-order valence-electron chi connectivity index (χ2n) is 5.36. The number of hydrogen-bond donors (Lipinski definition) is 4. The SMILES string of the molecule is [Na+].[Na+].[O-]c1ncnc2c1ncn2[C@@H]1O[C@H]([C@H](O)C[P+]([O-])([O-])O)[C@@H](O)[C@H]1O. The average Bonchev–Trinajstić information content (AvgIpc) is 3.01. The zero-order chi connectivity index (χ0) is 17.6. The molecule has 3 heterocycles. The number of imidazole rings is 1. The first-order chi connectivity index (χ1) is 11.2. The van der Waals surface area contributed by atoms with Crippen LogP contribution in [0.4, 0.5) is 0 Å². The van der Waals surface area contributed by atoms with Crippen molar-refractivity contribution in [3.8, 4) is 5.88 Å². The fraction of sp³-hybridized carbons (Fsp3) is 0.545. The topological polar surface area (TPSA) is 203 Å². The molecule has 0 amide bonds. The Bertz CT molecular complexity index is 747. The van der Waals surface area contributed by atoms with Crippen molar-refractivity contribution in [2.45, 2.75) is 30.6 Å². The molecular formula is C11H13N4Na2O8P. The van der Waals surface area contributed by atoms with Crippen molar-refractivity contribution in [3.63, 3.8) is 0 Å². The molecule has 12 nitrogen and oxygen atoms in total. The Morgan fingerprint density at radius 1 is 1.19 bits per heavy atom. The molecule has 2 aromatic rings. The van der Waals surface area contributed by atoms with Crippen LogP contribution in [0.2, 0.25) is 0 Å². The smallest absolute Gasteiger partial charge is 0.857 e. The van der Waals surface area contributed by atoms with Crippen LogP contribution < -0.4 is 74.0 Å². The quantitative estimate of drug-likeness (QED) is 0.277. The van der Waals surface area contributed by atoms with E-state index in [-0.39, 0.29) is 70.3 Å². The van der Waals surface area contributed by atoms with E-state index in [1.165, 1.54) is 0 Å². The third-order valence-electron chi connectivity index (χ3n) is 3.67. The van der Waals surface area contributed by atoms with Crippen LogP contribution in [0.15, 0.2) is 12.7 Å². The minimum Gasteiger partial charge on any atom is -0.857 e. The van der Waals surface area contributed by atoms with Crippen molar-refractivity contribution in [2.24, 2.45) is 0 Å².